The normalized spacial score (nSPS) is 30.3. The van der Waals surface area contributed by atoms with Crippen LogP contribution in [-0.4, -0.2) is 25.8 Å². The second-order valence-electron chi connectivity index (χ2n) is 3.49. The van der Waals surface area contributed by atoms with Gasteiger partial charge in [-0.05, 0) is 18.3 Å². The van der Waals surface area contributed by atoms with Crippen molar-refractivity contribution < 1.29 is 8.42 Å². The standard InChI is InChI=1S/C8H15ClO2S/c1-2-7(5-9)8-3-4-12(10,11)6-8/h7-8H,2-6H2,1H3. The molecule has 0 bridgehead atoms. The third-order valence-corrected chi connectivity index (χ3v) is 4.85. The fourth-order valence-corrected chi connectivity index (χ4v) is 4.15. The first-order valence-corrected chi connectivity index (χ1v) is 6.71. The Balaban J connectivity index is 2.56. The van der Waals surface area contributed by atoms with E-state index in [1.165, 1.54) is 0 Å². The van der Waals surface area contributed by atoms with E-state index in [4.69, 9.17) is 11.6 Å². The molecule has 0 radical (unpaired) electrons. The lowest BCUT2D eigenvalue weighted by atomic mass is 9.91. The minimum Gasteiger partial charge on any atom is -0.229 e. The predicted octanol–water partition coefficient (Wildman–Crippen LogP) is 1.69. The molecule has 72 valence electrons. The molecule has 1 aliphatic rings. The van der Waals surface area contributed by atoms with Crippen molar-refractivity contribution in [3.8, 4) is 0 Å². The second-order valence-corrected chi connectivity index (χ2v) is 6.02. The molecule has 4 heteroatoms. The van der Waals surface area contributed by atoms with Crippen LogP contribution in [0.25, 0.3) is 0 Å². The fraction of sp³-hybridized carbons (Fsp3) is 1.00. The average molecular weight is 211 g/mol. The van der Waals surface area contributed by atoms with Gasteiger partial charge in [0.1, 0.15) is 0 Å². The third-order valence-electron chi connectivity index (χ3n) is 2.66. The highest BCUT2D eigenvalue weighted by Crippen LogP contribution is 2.28. The maximum atomic E-state index is 11.1. The molecule has 0 spiro atoms. The van der Waals surface area contributed by atoms with Crippen LogP contribution < -0.4 is 0 Å². The Morgan fingerprint density at radius 1 is 1.58 bits per heavy atom. The van der Waals surface area contributed by atoms with Gasteiger partial charge in [0.15, 0.2) is 9.84 Å². The molecule has 0 aromatic rings. The zero-order chi connectivity index (χ0) is 9.19. The first-order valence-electron chi connectivity index (χ1n) is 4.35. The molecule has 0 N–H and O–H groups in total. The molecule has 0 saturated carbocycles. The van der Waals surface area contributed by atoms with Crippen molar-refractivity contribution in [3.05, 3.63) is 0 Å². The van der Waals surface area contributed by atoms with E-state index in [-0.39, 0.29) is 0 Å². The minimum atomic E-state index is -2.72. The number of hydrogen-bond acceptors (Lipinski definition) is 2. The van der Waals surface area contributed by atoms with Crippen molar-refractivity contribution in [1.82, 2.24) is 0 Å². The Labute approximate surface area is 79.2 Å². The van der Waals surface area contributed by atoms with Crippen molar-refractivity contribution in [1.29, 1.82) is 0 Å². The Hall–Kier alpha value is 0.240. The van der Waals surface area contributed by atoms with E-state index in [9.17, 15) is 8.42 Å². The molecular formula is C8H15ClO2S. The lowest BCUT2D eigenvalue weighted by Crippen LogP contribution is -2.16. The Morgan fingerprint density at radius 3 is 2.58 bits per heavy atom. The van der Waals surface area contributed by atoms with Crippen LogP contribution in [0.2, 0.25) is 0 Å². The summed E-state index contributed by atoms with van der Waals surface area (Å²) in [5.74, 6) is 2.03. The molecule has 1 aliphatic heterocycles. The average Bonchev–Trinajstić information content (AvgIpc) is 2.34. The Bertz CT molecular complexity index is 231. The lowest BCUT2D eigenvalue weighted by Gasteiger charge is -2.17. The first kappa shape index (κ1) is 10.3. The summed E-state index contributed by atoms with van der Waals surface area (Å²) >= 11 is 5.75. The summed E-state index contributed by atoms with van der Waals surface area (Å²) in [4.78, 5) is 0. The van der Waals surface area contributed by atoms with Gasteiger partial charge < -0.3 is 0 Å². The molecule has 0 amide bonds. The van der Waals surface area contributed by atoms with Crippen LogP contribution in [0.1, 0.15) is 19.8 Å². The molecule has 0 aliphatic carbocycles. The molecule has 0 aromatic heterocycles. The number of rotatable bonds is 3. The van der Waals surface area contributed by atoms with E-state index in [1.54, 1.807) is 0 Å². The monoisotopic (exact) mass is 210 g/mol. The minimum absolute atomic E-state index is 0.317. The number of alkyl halides is 1. The van der Waals surface area contributed by atoms with Crippen molar-refractivity contribution in [2.75, 3.05) is 17.4 Å². The zero-order valence-corrected chi connectivity index (χ0v) is 8.87. The fourth-order valence-electron chi connectivity index (χ4n) is 1.76. The largest absolute Gasteiger partial charge is 0.229 e. The quantitative estimate of drug-likeness (QED) is 0.665. The molecule has 1 rings (SSSR count). The van der Waals surface area contributed by atoms with E-state index in [1.807, 2.05) is 0 Å². The van der Waals surface area contributed by atoms with Crippen molar-refractivity contribution in [2.45, 2.75) is 19.8 Å². The topological polar surface area (TPSA) is 34.1 Å². The van der Waals surface area contributed by atoms with E-state index in [0.717, 1.165) is 12.8 Å². The summed E-state index contributed by atoms with van der Waals surface area (Å²) in [7, 11) is -2.72. The Morgan fingerprint density at radius 2 is 2.25 bits per heavy atom. The van der Waals surface area contributed by atoms with Gasteiger partial charge >= 0.3 is 0 Å². The molecule has 1 fully saturated rings. The molecule has 1 heterocycles. The van der Waals surface area contributed by atoms with Crippen LogP contribution in [0.15, 0.2) is 0 Å². The summed E-state index contributed by atoms with van der Waals surface area (Å²) in [5, 5.41) is 0. The molecular weight excluding hydrogens is 196 g/mol. The molecule has 1 saturated heterocycles. The van der Waals surface area contributed by atoms with Gasteiger partial charge in [-0.1, -0.05) is 13.3 Å². The zero-order valence-electron chi connectivity index (χ0n) is 7.29. The summed E-state index contributed by atoms with van der Waals surface area (Å²) in [5.41, 5.74) is 0. The highest BCUT2D eigenvalue weighted by molar-refractivity contribution is 7.91. The van der Waals surface area contributed by atoms with Crippen LogP contribution >= 0.6 is 11.6 Å². The smallest absolute Gasteiger partial charge is 0.150 e. The van der Waals surface area contributed by atoms with E-state index in [2.05, 4.69) is 6.92 Å². The van der Waals surface area contributed by atoms with Gasteiger partial charge in [0.25, 0.3) is 0 Å². The Kier molecular flexibility index (Phi) is 3.41. The summed E-state index contributed by atoms with van der Waals surface area (Å²) in [6, 6.07) is 0. The van der Waals surface area contributed by atoms with E-state index >= 15 is 0 Å². The SMILES string of the molecule is CCC(CCl)C1CCS(=O)(=O)C1. The third kappa shape index (κ3) is 2.36. The summed E-state index contributed by atoms with van der Waals surface area (Å²) in [6.07, 6.45) is 1.80. The van der Waals surface area contributed by atoms with Crippen LogP contribution in [0, 0.1) is 11.8 Å². The summed E-state index contributed by atoms with van der Waals surface area (Å²) < 4.78 is 22.3. The van der Waals surface area contributed by atoms with Gasteiger partial charge in [-0.2, -0.15) is 0 Å². The maximum absolute atomic E-state index is 11.1. The molecule has 12 heavy (non-hydrogen) atoms. The molecule has 2 nitrogen and oxygen atoms in total. The molecule has 0 aromatic carbocycles. The van der Waals surface area contributed by atoms with E-state index < -0.39 is 9.84 Å². The summed E-state index contributed by atoms with van der Waals surface area (Å²) in [6.45, 7) is 2.07. The predicted molar refractivity (Wildman–Crippen MR) is 51.3 cm³/mol. The van der Waals surface area contributed by atoms with Gasteiger partial charge in [0, 0.05) is 5.88 Å². The van der Waals surface area contributed by atoms with Gasteiger partial charge in [-0.3, -0.25) is 0 Å². The van der Waals surface area contributed by atoms with Crippen LogP contribution in [-0.2, 0) is 9.84 Å². The highest BCUT2D eigenvalue weighted by Gasteiger charge is 2.32. The second kappa shape index (κ2) is 3.97. The highest BCUT2D eigenvalue weighted by atomic mass is 35.5. The first-order chi connectivity index (χ1) is 5.59. The van der Waals surface area contributed by atoms with Crippen molar-refractivity contribution in [3.63, 3.8) is 0 Å². The number of hydrogen-bond donors (Lipinski definition) is 0. The number of halogens is 1. The van der Waals surface area contributed by atoms with Crippen molar-refractivity contribution >= 4 is 21.4 Å². The molecule has 2 unspecified atom stereocenters. The van der Waals surface area contributed by atoms with Crippen LogP contribution in [0.4, 0.5) is 0 Å². The van der Waals surface area contributed by atoms with Gasteiger partial charge in [-0.15, -0.1) is 11.6 Å². The molecule has 2 atom stereocenters. The maximum Gasteiger partial charge on any atom is 0.150 e. The van der Waals surface area contributed by atoms with Gasteiger partial charge in [-0.25, -0.2) is 8.42 Å². The van der Waals surface area contributed by atoms with Crippen LogP contribution in [0.5, 0.6) is 0 Å². The number of sulfone groups is 1. The van der Waals surface area contributed by atoms with Gasteiger partial charge in [0.05, 0.1) is 11.5 Å². The van der Waals surface area contributed by atoms with E-state index in [0.29, 0.717) is 29.2 Å². The van der Waals surface area contributed by atoms with Crippen LogP contribution in [0.3, 0.4) is 0 Å². The van der Waals surface area contributed by atoms with Gasteiger partial charge in [0.2, 0.25) is 0 Å². The lowest BCUT2D eigenvalue weighted by molar-refractivity contribution is 0.389. The van der Waals surface area contributed by atoms with Crippen molar-refractivity contribution in [2.24, 2.45) is 11.8 Å².